The second-order valence-corrected chi connectivity index (χ2v) is 5.20. The molecule has 2 rings (SSSR count). The van der Waals surface area contributed by atoms with Crippen LogP contribution in [0.3, 0.4) is 0 Å². The first-order valence-electron chi connectivity index (χ1n) is 7.36. The van der Waals surface area contributed by atoms with Crippen LogP contribution in [0, 0.1) is 11.3 Å². The van der Waals surface area contributed by atoms with Crippen LogP contribution >= 0.6 is 0 Å². The van der Waals surface area contributed by atoms with E-state index in [9.17, 15) is 14.9 Å². The third-order valence-electron chi connectivity index (χ3n) is 3.70. The predicted octanol–water partition coefficient (Wildman–Crippen LogP) is 2.70. The minimum absolute atomic E-state index is 0.0258. The molecule has 5 heteroatoms. The molecule has 5 nitrogen and oxygen atoms in total. The van der Waals surface area contributed by atoms with Gasteiger partial charge in [-0.2, -0.15) is 5.26 Å². The van der Waals surface area contributed by atoms with Gasteiger partial charge < -0.3 is 4.74 Å². The topological polar surface area (TPSA) is 70.4 Å². The molecule has 1 aliphatic heterocycles. The van der Waals surface area contributed by atoms with Gasteiger partial charge in [0.2, 0.25) is 0 Å². The lowest BCUT2D eigenvalue weighted by Crippen LogP contribution is -2.43. The van der Waals surface area contributed by atoms with E-state index in [2.05, 4.69) is 0 Å². The molecule has 0 atom stereocenters. The van der Waals surface area contributed by atoms with Crippen LogP contribution in [0.5, 0.6) is 5.75 Å². The number of ether oxygens (including phenoxy) is 1. The average molecular weight is 310 g/mol. The zero-order chi connectivity index (χ0) is 17.0. The molecule has 118 valence electrons. The lowest BCUT2D eigenvalue weighted by atomic mass is 9.93. The van der Waals surface area contributed by atoms with Crippen LogP contribution in [-0.4, -0.2) is 30.4 Å². The van der Waals surface area contributed by atoms with Gasteiger partial charge in [0.05, 0.1) is 7.11 Å². The standard InChI is InChI=1S/C18H18N2O3/c1-4-9-20-17(21)15(12(2)16(11-19)18(20)22)10-13-5-7-14(23-3)8-6-13/h5-8,10H,4,9H2,1-3H3/b15-10+. The summed E-state index contributed by atoms with van der Waals surface area (Å²) in [6, 6.07) is 9.14. The molecule has 0 aliphatic carbocycles. The van der Waals surface area contributed by atoms with Gasteiger partial charge in [-0.25, -0.2) is 0 Å². The molecule has 0 unspecified atom stereocenters. The molecule has 1 aromatic rings. The third kappa shape index (κ3) is 3.16. The summed E-state index contributed by atoms with van der Waals surface area (Å²) < 4.78 is 5.11. The van der Waals surface area contributed by atoms with E-state index in [1.165, 1.54) is 0 Å². The van der Waals surface area contributed by atoms with Gasteiger partial charge >= 0.3 is 0 Å². The lowest BCUT2D eigenvalue weighted by molar-refractivity contribution is -0.140. The number of nitrogens with zero attached hydrogens (tertiary/aromatic N) is 2. The molecule has 1 aliphatic rings. The van der Waals surface area contributed by atoms with Gasteiger partial charge in [0.1, 0.15) is 17.4 Å². The number of amides is 2. The van der Waals surface area contributed by atoms with Crippen LogP contribution in [0.4, 0.5) is 0 Å². The Balaban J connectivity index is 2.51. The highest BCUT2D eigenvalue weighted by molar-refractivity contribution is 6.19. The maximum Gasteiger partial charge on any atom is 0.271 e. The molecule has 0 saturated heterocycles. The highest BCUT2D eigenvalue weighted by atomic mass is 16.5. The summed E-state index contributed by atoms with van der Waals surface area (Å²) in [6.45, 7) is 3.81. The van der Waals surface area contributed by atoms with Gasteiger partial charge in [-0.3, -0.25) is 14.5 Å². The molecule has 2 amide bonds. The number of carbonyl (C=O) groups excluding carboxylic acids is 2. The minimum atomic E-state index is -0.510. The summed E-state index contributed by atoms with van der Waals surface area (Å²) in [7, 11) is 1.58. The fourth-order valence-corrected chi connectivity index (χ4v) is 2.42. The van der Waals surface area contributed by atoms with Gasteiger partial charge in [-0.1, -0.05) is 19.1 Å². The van der Waals surface area contributed by atoms with E-state index in [4.69, 9.17) is 4.74 Å². The highest BCUT2D eigenvalue weighted by Gasteiger charge is 2.34. The van der Waals surface area contributed by atoms with E-state index < -0.39 is 5.91 Å². The Morgan fingerprint density at radius 3 is 2.39 bits per heavy atom. The van der Waals surface area contributed by atoms with Crippen molar-refractivity contribution < 1.29 is 14.3 Å². The first-order chi connectivity index (χ1) is 11.0. The van der Waals surface area contributed by atoms with E-state index in [-0.39, 0.29) is 11.5 Å². The van der Waals surface area contributed by atoms with Gasteiger partial charge in [0, 0.05) is 12.1 Å². The van der Waals surface area contributed by atoms with Crippen LogP contribution in [0.25, 0.3) is 6.08 Å². The number of methoxy groups -OCH3 is 1. The zero-order valence-corrected chi connectivity index (χ0v) is 13.4. The maximum absolute atomic E-state index is 12.6. The fourth-order valence-electron chi connectivity index (χ4n) is 2.42. The van der Waals surface area contributed by atoms with Crippen molar-refractivity contribution >= 4 is 17.9 Å². The first-order valence-corrected chi connectivity index (χ1v) is 7.36. The van der Waals surface area contributed by atoms with Crippen molar-refractivity contribution in [3.05, 3.63) is 46.5 Å². The molecular formula is C18H18N2O3. The van der Waals surface area contributed by atoms with Crippen molar-refractivity contribution in [1.29, 1.82) is 5.26 Å². The van der Waals surface area contributed by atoms with E-state index in [1.807, 2.05) is 25.1 Å². The molecule has 0 bridgehead atoms. The van der Waals surface area contributed by atoms with E-state index >= 15 is 0 Å². The minimum Gasteiger partial charge on any atom is -0.497 e. The Morgan fingerprint density at radius 2 is 1.87 bits per heavy atom. The average Bonchev–Trinajstić information content (AvgIpc) is 2.56. The Kier molecular flexibility index (Phi) is 4.97. The van der Waals surface area contributed by atoms with Crippen LogP contribution in [0.2, 0.25) is 0 Å². The normalized spacial score (nSPS) is 16.8. The monoisotopic (exact) mass is 310 g/mol. The Labute approximate surface area is 135 Å². The van der Waals surface area contributed by atoms with Crippen LogP contribution < -0.4 is 4.74 Å². The van der Waals surface area contributed by atoms with Gasteiger partial charge in [-0.05, 0) is 42.7 Å². The maximum atomic E-state index is 12.6. The molecule has 0 spiro atoms. The smallest absolute Gasteiger partial charge is 0.271 e. The number of hydrogen-bond acceptors (Lipinski definition) is 4. The molecule has 23 heavy (non-hydrogen) atoms. The predicted molar refractivity (Wildman–Crippen MR) is 86.3 cm³/mol. The summed E-state index contributed by atoms with van der Waals surface area (Å²) >= 11 is 0. The van der Waals surface area contributed by atoms with Crippen LogP contribution in [0.1, 0.15) is 25.8 Å². The number of rotatable bonds is 4. The first kappa shape index (κ1) is 16.5. The number of imide groups is 1. The van der Waals surface area contributed by atoms with Crippen molar-refractivity contribution in [2.75, 3.05) is 13.7 Å². The van der Waals surface area contributed by atoms with Crippen LogP contribution in [0.15, 0.2) is 41.0 Å². The van der Waals surface area contributed by atoms with Gasteiger partial charge in [0.15, 0.2) is 0 Å². The Hall–Kier alpha value is -2.87. The van der Waals surface area contributed by atoms with E-state index in [1.54, 1.807) is 32.2 Å². The third-order valence-corrected chi connectivity index (χ3v) is 3.70. The molecule has 1 aromatic carbocycles. The summed E-state index contributed by atoms with van der Waals surface area (Å²) in [5.41, 5.74) is 1.62. The van der Waals surface area contributed by atoms with Gasteiger partial charge in [0.25, 0.3) is 11.8 Å². The quantitative estimate of drug-likeness (QED) is 0.633. The second kappa shape index (κ2) is 6.93. The van der Waals surface area contributed by atoms with Gasteiger partial charge in [-0.15, -0.1) is 0 Å². The molecule has 0 aromatic heterocycles. The van der Waals surface area contributed by atoms with Crippen molar-refractivity contribution in [3.63, 3.8) is 0 Å². The fraction of sp³-hybridized carbons (Fsp3) is 0.278. The number of carbonyl (C=O) groups is 2. The number of nitriles is 1. The lowest BCUT2D eigenvalue weighted by Gasteiger charge is -2.27. The van der Waals surface area contributed by atoms with Crippen LogP contribution in [-0.2, 0) is 9.59 Å². The van der Waals surface area contributed by atoms with Crippen molar-refractivity contribution in [2.45, 2.75) is 20.3 Å². The number of hydrogen-bond donors (Lipinski definition) is 0. The van der Waals surface area contributed by atoms with Crippen molar-refractivity contribution in [1.82, 2.24) is 4.90 Å². The SMILES string of the molecule is CCCN1C(=O)C(C#N)=C(C)/C(=C\c2ccc(OC)cc2)C1=O. The summed E-state index contributed by atoms with van der Waals surface area (Å²) in [6.07, 6.45) is 2.34. The molecule has 1 heterocycles. The summed E-state index contributed by atoms with van der Waals surface area (Å²) in [4.78, 5) is 26.0. The van der Waals surface area contributed by atoms with Crippen molar-refractivity contribution in [2.24, 2.45) is 0 Å². The molecule has 0 N–H and O–H groups in total. The van der Waals surface area contributed by atoms with E-state index in [0.29, 0.717) is 24.1 Å². The molecular weight excluding hydrogens is 292 g/mol. The highest BCUT2D eigenvalue weighted by Crippen LogP contribution is 2.27. The second-order valence-electron chi connectivity index (χ2n) is 5.20. The number of benzene rings is 1. The Bertz CT molecular complexity index is 737. The summed E-state index contributed by atoms with van der Waals surface area (Å²) in [5.74, 6) is -0.150. The van der Waals surface area contributed by atoms with E-state index in [0.717, 1.165) is 16.2 Å². The zero-order valence-electron chi connectivity index (χ0n) is 13.4. The largest absolute Gasteiger partial charge is 0.497 e. The molecule has 0 fully saturated rings. The Morgan fingerprint density at radius 1 is 1.22 bits per heavy atom. The molecule has 0 radical (unpaired) electrons. The summed E-state index contributed by atoms with van der Waals surface area (Å²) in [5, 5.41) is 9.25. The van der Waals surface area contributed by atoms with Crippen molar-refractivity contribution in [3.8, 4) is 11.8 Å². The molecule has 0 saturated carbocycles.